The van der Waals surface area contributed by atoms with Gasteiger partial charge in [-0.15, -0.1) is 0 Å². The number of piperidine rings is 1. The molecule has 1 fully saturated rings. The van der Waals surface area contributed by atoms with Crippen molar-refractivity contribution in [1.82, 2.24) is 9.80 Å². The van der Waals surface area contributed by atoms with Gasteiger partial charge in [-0.25, -0.2) is 4.39 Å². The van der Waals surface area contributed by atoms with Gasteiger partial charge in [0.1, 0.15) is 17.3 Å². The summed E-state index contributed by atoms with van der Waals surface area (Å²) in [4.78, 5) is 4.83. The lowest BCUT2D eigenvalue weighted by molar-refractivity contribution is 0.132. The number of likely N-dealkylation sites (tertiary alicyclic amines) is 1. The molecule has 0 radical (unpaired) electrons. The lowest BCUT2D eigenvalue weighted by Gasteiger charge is -2.34. The zero-order valence-corrected chi connectivity index (χ0v) is 19.9. The Hall–Kier alpha value is -2.11. The summed E-state index contributed by atoms with van der Waals surface area (Å²) in [6.45, 7) is 10.6. The molecule has 2 heterocycles. The van der Waals surface area contributed by atoms with Crippen molar-refractivity contribution < 1.29 is 13.9 Å². The first kappa shape index (κ1) is 23.1. The summed E-state index contributed by atoms with van der Waals surface area (Å²) in [5.74, 6) is 2.63. The lowest BCUT2D eigenvalue weighted by Crippen LogP contribution is -2.37. The van der Waals surface area contributed by atoms with E-state index in [1.165, 1.54) is 49.7 Å². The van der Waals surface area contributed by atoms with Gasteiger partial charge in [0.2, 0.25) is 0 Å². The molecule has 2 aromatic rings. The second-order valence-electron chi connectivity index (χ2n) is 9.95. The van der Waals surface area contributed by atoms with E-state index in [9.17, 15) is 4.39 Å². The van der Waals surface area contributed by atoms with Crippen molar-refractivity contribution in [2.75, 3.05) is 46.9 Å². The molecule has 1 unspecified atom stereocenters. The Bertz CT molecular complexity index is 909. The standard InChI is InChI=1S/C27H37FN2O2/c1-19(2)15-30-11-9-20(10-12-30)18-32-23-6-7-24-21(13-23)16-29(3)17-26(24)25-8-5-22(31-4)14-27(25)28/h5-8,13-14,19-20,26H,9-12,15-18H2,1-4H3. The lowest BCUT2D eigenvalue weighted by atomic mass is 9.84. The molecule has 1 saturated heterocycles. The summed E-state index contributed by atoms with van der Waals surface area (Å²) < 4.78 is 26.2. The third-order valence-electron chi connectivity index (χ3n) is 6.82. The highest BCUT2D eigenvalue weighted by Crippen LogP contribution is 2.37. The van der Waals surface area contributed by atoms with E-state index in [4.69, 9.17) is 9.47 Å². The molecule has 2 aliphatic rings. The van der Waals surface area contributed by atoms with Crippen LogP contribution in [0.15, 0.2) is 36.4 Å². The number of rotatable bonds is 7. The first-order chi connectivity index (χ1) is 15.4. The van der Waals surface area contributed by atoms with Crippen LogP contribution in [0.2, 0.25) is 0 Å². The number of halogens is 1. The van der Waals surface area contributed by atoms with Crippen LogP contribution in [0.5, 0.6) is 11.5 Å². The molecule has 2 aliphatic heterocycles. The van der Waals surface area contributed by atoms with Gasteiger partial charge in [-0.1, -0.05) is 26.0 Å². The van der Waals surface area contributed by atoms with Crippen LogP contribution < -0.4 is 9.47 Å². The molecular weight excluding hydrogens is 403 g/mol. The van der Waals surface area contributed by atoms with Gasteiger partial charge in [-0.3, -0.25) is 0 Å². The summed E-state index contributed by atoms with van der Waals surface area (Å²) in [6, 6.07) is 11.5. The van der Waals surface area contributed by atoms with Crippen molar-refractivity contribution in [1.29, 1.82) is 0 Å². The van der Waals surface area contributed by atoms with Crippen molar-refractivity contribution in [2.45, 2.75) is 39.2 Å². The largest absolute Gasteiger partial charge is 0.497 e. The SMILES string of the molecule is COc1ccc(C2CN(C)Cc3cc(OCC4CCN(CC(C)C)CC4)ccc32)c(F)c1. The summed E-state index contributed by atoms with van der Waals surface area (Å²) in [6.07, 6.45) is 2.42. The Morgan fingerprint density at radius 1 is 1.03 bits per heavy atom. The van der Waals surface area contributed by atoms with Crippen molar-refractivity contribution in [3.63, 3.8) is 0 Å². The minimum atomic E-state index is -0.209. The summed E-state index contributed by atoms with van der Waals surface area (Å²) in [7, 11) is 3.66. The van der Waals surface area contributed by atoms with E-state index < -0.39 is 0 Å². The van der Waals surface area contributed by atoms with Crippen molar-refractivity contribution in [3.05, 3.63) is 58.9 Å². The molecule has 1 atom stereocenters. The Balaban J connectivity index is 1.42. The van der Waals surface area contributed by atoms with Gasteiger partial charge in [0.05, 0.1) is 13.7 Å². The van der Waals surface area contributed by atoms with Gasteiger partial charge < -0.3 is 19.3 Å². The van der Waals surface area contributed by atoms with Gasteiger partial charge in [0.25, 0.3) is 0 Å². The molecule has 0 amide bonds. The van der Waals surface area contributed by atoms with Gasteiger partial charge in [0, 0.05) is 31.6 Å². The van der Waals surface area contributed by atoms with Crippen LogP contribution in [0, 0.1) is 17.7 Å². The van der Waals surface area contributed by atoms with E-state index in [0.717, 1.165) is 36.9 Å². The first-order valence-electron chi connectivity index (χ1n) is 11.9. The predicted octanol–water partition coefficient (Wildman–Crippen LogP) is 5.16. The molecule has 174 valence electrons. The van der Waals surface area contributed by atoms with Crippen LogP contribution in [-0.2, 0) is 6.54 Å². The highest BCUT2D eigenvalue weighted by Gasteiger charge is 2.28. The number of hydrogen-bond acceptors (Lipinski definition) is 4. The second-order valence-corrected chi connectivity index (χ2v) is 9.95. The fraction of sp³-hybridized carbons (Fsp3) is 0.556. The maximum absolute atomic E-state index is 14.8. The highest BCUT2D eigenvalue weighted by molar-refractivity contribution is 5.45. The molecule has 2 aromatic carbocycles. The third-order valence-corrected chi connectivity index (χ3v) is 6.82. The van der Waals surface area contributed by atoms with Crippen LogP contribution in [0.3, 0.4) is 0 Å². The van der Waals surface area contributed by atoms with E-state index in [0.29, 0.717) is 11.7 Å². The normalized spacial score (nSPS) is 20.4. The van der Waals surface area contributed by atoms with Crippen LogP contribution in [0.4, 0.5) is 4.39 Å². The van der Waals surface area contributed by atoms with Crippen LogP contribution in [0.1, 0.15) is 49.3 Å². The van der Waals surface area contributed by atoms with Crippen molar-refractivity contribution in [3.8, 4) is 11.5 Å². The summed E-state index contributed by atoms with van der Waals surface area (Å²) in [5, 5.41) is 0. The topological polar surface area (TPSA) is 24.9 Å². The molecule has 0 N–H and O–H groups in total. The molecule has 5 heteroatoms. The molecule has 0 spiro atoms. The fourth-order valence-corrected chi connectivity index (χ4v) is 5.16. The molecular formula is C27H37FN2O2. The molecule has 32 heavy (non-hydrogen) atoms. The maximum atomic E-state index is 14.8. The Morgan fingerprint density at radius 2 is 1.75 bits per heavy atom. The van der Waals surface area contributed by atoms with Crippen LogP contribution in [-0.4, -0.2) is 56.7 Å². The zero-order valence-electron chi connectivity index (χ0n) is 19.9. The second kappa shape index (κ2) is 10.2. The van der Waals surface area contributed by atoms with E-state index in [1.807, 2.05) is 12.1 Å². The monoisotopic (exact) mass is 440 g/mol. The number of fused-ring (bicyclic) bond motifs is 1. The number of methoxy groups -OCH3 is 1. The molecule has 0 aliphatic carbocycles. The van der Waals surface area contributed by atoms with Gasteiger partial charge in [-0.05, 0) is 79.7 Å². The number of ether oxygens (including phenoxy) is 2. The maximum Gasteiger partial charge on any atom is 0.130 e. The number of nitrogens with zero attached hydrogens (tertiary/aromatic N) is 2. The minimum Gasteiger partial charge on any atom is -0.497 e. The zero-order chi connectivity index (χ0) is 22.7. The first-order valence-corrected chi connectivity index (χ1v) is 11.9. The van der Waals surface area contributed by atoms with Gasteiger partial charge >= 0.3 is 0 Å². The average molecular weight is 441 g/mol. The Kier molecular flexibility index (Phi) is 7.37. The molecule has 0 aromatic heterocycles. The summed E-state index contributed by atoms with van der Waals surface area (Å²) >= 11 is 0. The molecule has 0 saturated carbocycles. The minimum absolute atomic E-state index is 0.00832. The smallest absolute Gasteiger partial charge is 0.130 e. The fourth-order valence-electron chi connectivity index (χ4n) is 5.16. The Labute approximate surface area is 192 Å². The number of hydrogen-bond donors (Lipinski definition) is 0. The van der Waals surface area contributed by atoms with Gasteiger partial charge in [-0.2, -0.15) is 0 Å². The number of likely N-dealkylation sites (N-methyl/N-ethyl adjacent to an activating group) is 1. The number of benzene rings is 2. The predicted molar refractivity (Wildman–Crippen MR) is 127 cm³/mol. The third kappa shape index (κ3) is 5.44. The van der Waals surface area contributed by atoms with Gasteiger partial charge in [0.15, 0.2) is 0 Å². The van der Waals surface area contributed by atoms with E-state index >= 15 is 0 Å². The van der Waals surface area contributed by atoms with Crippen LogP contribution >= 0.6 is 0 Å². The van der Waals surface area contributed by atoms with E-state index in [2.05, 4.69) is 48.9 Å². The Morgan fingerprint density at radius 3 is 2.44 bits per heavy atom. The summed E-state index contributed by atoms with van der Waals surface area (Å²) in [5.41, 5.74) is 3.14. The quantitative estimate of drug-likeness (QED) is 0.594. The van der Waals surface area contributed by atoms with Crippen molar-refractivity contribution in [2.24, 2.45) is 11.8 Å². The van der Waals surface area contributed by atoms with E-state index in [1.54, 1.807) is 7.11 Å². The van der Waals surface area contributed by atoms with E-state index in [-0.39, 0.29) is 11.7 Å². The molecule has 4 rings (SSSR count). The average Bonchev–Trinajstić information content (AvgIpc) is 2.77. The van der Waals surface area contributed by atoms with Crippen LogP contribution in [0.25, 0.3) is 0 Å². The molecule has 4 nitrogen and oxygen atoms in total. The highest BCUT2D eigenvalue weighted by atomic mass is 19.1. The molecule has 0 bridgehead atoms. The van der Waals surface area contributed by atoms with Crippen molar-refractivity contribution >= 4 is 0 Å².